The molecule has 1 fully saturated rings. The van der Waals surface area contributed by atoms with Crippen LogP contribution in [-0.2, 0) is 4.79 Å². The summed E-state index contributed by atoms with van der Waals surface area (Å²) in [6, 6.07) is 1.89. The number of carbonyl (C=O) groups excluding carboxylic acids is 1. The Kier molecular flexibility index (Phi) is 7.65. The summed E-state index contributed by atoms with van der Waals surface area (Å²) in [5.41, 5.74) is 0. The van der Waals surface area contributed by atoms with Gasteiger partial charge in [0, 0.05) is 26.2 Å². The van der Waals surface area contributed by atoms with Crippen LogP contribution in [0.5, 0.6) is 0 Å². The lowest BCUT2D eigenvalue weighted by atomic mass is 10.3. The number of nitriles is 1. The minimum Gasteiger partial charge on any atom is -0.339 e. The Bertz CT molecular complexity index is 214. The standard InChI is InChI=1S/C9H15N3O.C2H6/c1-2-11-5-7-12(8-6-11)9(13)3-4-10;1-2/h2-3,5-8H2,1H3;1-2H3. The monoisotopic (exact) mass is 211 g/mol. The molecule has 1 amide bonds. The summed E-state index contributed by atoms with van der Waals surface area (Å²) in [6.45, 7) is 10.6. The molecule has 1 aliphatic rings. The summed E-state index contributed by atoms with van der Waals surface area (Å²) >= 11 is 0. The third-order valence-corrected chi connectivity index (χ3v) is 2.40. The molecule has 0 atom stereocenters. The van der Waals surface area contributed by atoms with Gasteiger partial charge in [0.05, 0.1) is 6.07 Å². The van der Waals surface area contributed by atoms with Crippen molar-refractivity contribution in [1.82, 2.24) is 9.80 Å². The fraction of sp³-hybridized carbons (Fsp3) is 0.818. The molecule has 86 valence electrons. The lowest BCUT2D eigenvalue weighted by Gasteiger charge is -2.33. The molecule has 1 aliphatic heterocycles. The van der Waals surface area contributed by atoms with Crippen molar-refractivity contribution in [2.45, 2.75) is 27.2 Å². The number of nitrogens with zero attached hydrogens (tertiary/aromatic N) is 3. The SMILES string of the molecule is CC.CCN1CCN(C(=O)CC#N)CC1. The van der Waals surface area contributed by atoms with Crippen LogP contribution < -0.4 is 0 Å². The molecule has 0 spiro atoms. The first-order chi connectivity index (χ1) is 7.27. The highest BCUT2D eigenvalue weighted by molar-refractivity contribution is 5.78. The largest absolute Gasteiger partial charge is 0.339 e. The molecule has 4 heteroatoms. The second kappa shape index (κ2) is 8.25. The third kappa shape index (κ3) is 4.80. The van der Waals surface area contributed by atoms with Gasteiger partial charge in [-0.3, -0.25) is 4.79 Å². The zero-order valence-corrected chi connectivity index (χ0v) is 9.99. The van der Waals surface area contributed by atoms with Crippen LogP contribution in [0.15, 0.2) is 0 Å². The molecule has 1 heterocycles. The predicted molar refractivity (Wildman–Crippen MR) is 60.3 cm³/mol. The second-order valence-electron chi connectivity index (χ2n) is 3.15. The Hall–Kier alpha value is -1.08. The molecule has 0 aromatic carbocycles. The Morgan fingerprint density at radius 2 is 1.80 bits per heavy atom. The van der Waals surface area contributed by atoms with E-state index in [-0.39, 0.29) is 12.3 Å². The molecule has 0 saturated carbocycles. The van der Waals surface area contributed by atoms with Gasteiger partial charge < -0.3 is 9.80 Å². The van der Waals surface area contributed by atoms with E-state index in [9.17, 15) is 4.79 Å². The van der Waals surface area contributed by atoms with Crippen LogP contribution in [0.4, 0.5) is 0 Å². The first-order valence-electron chi connectivity index (χ1n) is 5.65. The molecular formula is C11H21N3O. The van der Waals surface area contributed by atoms with E-state index in [0.717, 1.165) is 32.7 Å². The van der Waals surface area contributed by atoms with Crippen molar-refractivity contribution >= 4 is 5.91 Å². The fourth-order valence-corrected chi connectivity index (χ4v) is 1.49. The number of likely N-dealkylation sites (N-methyl/N-ethyl adjacent to an activating group) is 1. The van der Waals surface area contributed by atoms with Gasteiger partial charge in [-0.25, -0.2) is 0 Å². The van der Waals surface area contributed by atoms with E-state index in [0.29, 0.717) is 0 Å². The van der Waals surface area contributed by atoms with E-state index in [2.05, 4.69) is 11.8 Å². The van der Waals surface area contributed by atoms with Gasteiger partial charge in [0.2, 0.25) is 5.91 Å². The highest BCUT2D eigenvalue weighted by Crippen LogP contribution is 2.02. The van der Waals surface area contributed by atoms with Crippen molar-refractivity contribution in [3.05, 3.63) is 0 Å². The molecule has 1 rings (SSSR count). The summed E-state index contributed by atoms with van der Waals surface area (Å²) in [5, 5.41) is 8.36. The average molecular weight is 211 g/mol. The van der Waals surface area contributed by atoms with Crippen molar-refractivity contribution < 1.29 is 4.79 Å². The normalized spacial score (nSPS) is 16.3. The Morgan fingerprint density at radius 3 is 2.20 bits per heavy atom. The van der Waals surface area contributed by atoms with Gasteiger partial charge >= 0.3 is 0 Å². The summed E-state index contributed by atoms with van der Waals surface area (Å²) in [5.74, 6) is -0.0294. The number of carbonyl (C=O) groups is 1. The molecule has 0 radical (unpaired) electrons. The van der Waals surface area contributed by atoms with Crippen molar-refractivity contribution in [2.24, 2.45) is 0 Å². The zero-order valence-electron chi connectivity index (χ0n) is 9.99. The minimum absolute atomic E-state index is 0.0200. The van der Waals surface area contributed by atoms with Gasteiger partial charge in [-0.1, -0.05) is 20.8 Å². The maximum absolute atomic E-state index is 11.3. The molecule has 0 N–H and O–H groups in total. The Balaban J connectivity index is 0.000000921. The van der Waals surface area contributed by atoms with E-state index in [4.69, 9.17) is 5.26 Å². The summed E-state index contributed by atoms with van der Waals surface area (Å²) < 4.78 is 0. The van der Waals surface area contributed by atoms with E-state index in [1.165, 1.54) is 0 Å². The molecule has 4 nitrogen and oxygen atoms in total. The van der Waals surface area contributed by atoms with E-state index in [1.54, 1.807) is 4.90 Å². The summed E-state index contributed by atoms with van der Waals surface area (Å²) in [7, 11) is 0. The van der Waals surface area contributed by atoms with Crippen LogP contribution in [0, 0.1) is 11.3 Å². The van der Waals surface area contributed by atoms with Gasteiger partial charge in [-0.15, -0.1) is 0 Å². The Labute approximate surface area is 92.5 Å². The van der Waals surface area contributed by atoms with E-state index < -0.39 is 0 Å². The zero-order chi connectivity index (χ0) is 11.7. The van der Waals surface area contributed by atoms with Crippen molar-refractivity contribution in [3.8, 4) is 6.07 Å². The highest BCUT2D eigenvalue weighted by Gasteiger charge is 2.19. The van der Waals surface area contributed by atoms with Crippen LogP contribution in [0.25, 0.3) is 0 Å². The third-order valence-electron chi connectivity index (χ3n) is 2.40. The number of piperazine rings is 1. The molecule has 0 aromatic rings. The molecule has 0 unspecified atom stereocenters. The van der Waals surface area contributed by atoms with E-state index >= 15 is 0 Å². The molecule has 0 aromatic heterocycles. The Morgan fingerprint density at radius 1 is 1.27 bits per heavy atom. The van der Waals surface area contributed by atoms with Gasteiger partial charge in [0.15, 0.2) is 0 Å². The molecule has 0 bridgehead atoms. The quantitative estimate of drug-likeness (QED) is 0.687. The highest BCUT2D eigenvalue weighted by atomic mass is 16.2. The fourth-order valence-electron chi connectivity index (χ4n) is 1.49. The van der Waals surface area contributed by atoms with Crippen LogP contribution in [0.2, 0.25) is 0 Å². The van der Waals surface area contributed by atoms with Crippen LogP contribution in [-0.4, -0.2) is 48.4 Å². The molecular weight excluding hydrogens is 190 g/mol. The molecule has 15 heavy (non-hydrogen) atoms. The number of amides is 1. The van der Waals surface area contributed by atoms with Gasteiger partial charge in [0.25, 0.3) is 0 Å². The predicted octanol–water partition coefficient (Wildman–Crippen LogP) is 1.09. The molecule has 1 saturated heterocycles. The lowest BCUT2D eigenvalue weighted by Crippen LogP contribution is -2.48. The van der Waals surface area contributed by atoms with Gasteiger partial charge in [-0.05, 0) is 6.54 Å². The van der Waals surface area contributed by atoms with E-state index in [1.807, 2.05) is 19.9 Å². The second-order valence-corrected chi connectivity index (χ2v) is 3.15. The smallest absolute Gasteiger partial charge is 0.236 e. The lowest BCUT2D eigenvalue weighted by molar-refractivity contribution is -0.131. The van der Waals surface area contributed by atoms with Gasteiger partial charge in [0.1, 0.15) is 6.42 Å². The number of hydrogen-bond acceptors (Lipinski definition) is 3. The van der Waals surface area contributed by atoms with Gasteiger partial charge in [-0.2, -0.15) is 5.26 Å². The minimum atomic E-state index is -0.0294. The van der Waals surface area contributed by atoms with Crippen molar-refractivity contribution in [2.75, 3.05) is 32.7 Å². The average Bonchev–Trinajstić information content (AvgIpc) is 2.32. The van der Waals surface area contributed by atoms with Crippen LogP contribution >= 0.6 is 0 Å². The van der Waals surface area contributed by atoms with Crippen LogP contribution in [0.1, 0.15) is 27.2 Å². The first kappa shape index (κ1) is 13.9. The van der Waals surface area contributed by atoms with Crippen LogP contribution in [0.3, 0.4) is 0 Å². The molecule has 0 aliphatic carbocycles. The summed E-state index contributed by atoms with van der Waals surface area (Å²) in [4.78, 5) is 15.4. The topological polar surface area (TPSA) is 47.3 Å². The maximum atomic E-state index is 11.3. The number of hydrogen-bond donors (Lipinski definition) is 0. The summed E-state index contributed by atoms with van der Waals surface area (Å²) in [6.07, 6.45) is 0.0200. The maximum Gasteiger partial charge on any atom is 0.236 e. The van der Waals surface area contributed by atoms with Crippen molar-refractivity contribution in [3.63, 3.8) is 0 Å². The first-order valence-corrected chi connectivity index (χ1v) is 5.65. The van der Waals surface area contributed by atoms with Crippen molar-refractivity contribution in [1.29, 1.82) is 5.26 Å². The number of rotatable bonds is 2.